The largest absolute Gasteiger partial charge is 0.474 e. The molecule has 0 bridgehead atoms. The van der Waals surface area contributed by atoms with E-state index in [0.29, 0.717) is 6.61 Å². The third-order valence-corrected chi connectivity index (χ3v) is 6.84. The van der Waals surface area contributed by atoms with Crippen LogP contribution < -0.4 is 0 Å². The first-order chi connectivity index (χ1) is 14.2. The first-order valence-corrected chi connectivity index (χ1v) is 12.2. The fraction of sp³-hybridized carbons (Fsp3) is 0.292. The van der Waals surface area contributed by atoms with E-state index in [-0.39, 0.29) is 6.04 Å². The Balaban J connectivity index is 1.36. The molecule has 0 N–H and O–H groups in total. The minimum atomic E-state index is 0.226. The zero-order chi connectivity index (χ0) is 20.1. The highest BCUT2D eigenvalue weighted by Crippen LogP contribution is 2.21. The molecule has 1 aliphatic heterocycles. The van der Waals surface area contributed by atoms with Crippen LogP contribution in [0.4, 0.5) is 0 Å². The molecule has 0 saturated heterocycles. The van der Waals surface area contributed by atoms with Crippen molar-refractivity contribution < 1.29 is 4.74 Å². The quantitative estimate of drug-likeness (QED) is 0.439. The highest BCUT2D eigenvalue weighted by atomic mass is 32.2. The lowest BCUT2D eigenvalue weighted by Gasteiger charge is -2.09. The first-order valence-electron chi connectivity index (χ1n) is 9.83. The van der Waals surface area contributed by atoms with Gasteiger partial charge in [0.15, 0.2) is 0 Å². The summed E-state index contributed by atoms with van der Waals surface area (Å²) in [6.07, 6.45) is 4.20. The molecule has 2 aromatic carbocycles. The van der Waals surface area contributed by atoms with Crippen molar-refractivity contribution in [3.63, 3.8) is 0 Å². The molecular formula is C24H26N2OS2. The summed E-state index contributed by atoms with van der Waals surface area (Å²) < 4.78 is 8.18. The molecule has 1 atom stereocenters. The second-order valence-corrected chi connectivity index (χ2v) is 9.18. The van der Waals surface area contributed by atoms with Crippen LogP contribution >= 0.6 is 23.5 Å². The fourth-order valence-electron chi connectivity index (χ4n) is 3.43. The van der Waals surface area contributed by atoms with Crippen molar-refractivity contribution in [3.05, 3.63) is 89.2 Å². The zero-order valence-corrected chi connectivity index (χ0v) is 18.5. The molecule has 0 amide bonds. The number of aliphatic imine (C=N–C) groups is 1. The van der Waals surface area contributed by atoms with Gasteiger partial charge in [0.1, 0.15) is 12.3 Å². The number of benzene rings is 2. The van der Waals surface area contributed by atoms with Crippen molar-refractivity contribution in [2.75, 3.05) is 18.6 Å². The normalized spacial score (nSPS) is 15.9. The van der Waals surface area contributed by atoms with Crippen molar-refractivity contribution in [2.24, 2.45) is 4.99 Å². The van der Waals surface area contributed by atoms with Crippen LogP contribution in [0, 0.1) is 6.92 Å². The molecule has 0 saturated carbocycles. The smallest absolute Gasteiger partial charge is 0.233 e. The SMILES string of the molecule is CSc1ccc(Cn2cccc2C2=N[C@H](CSCc3cccc(C)c3)CO2)cc1. The number of nitrogens with zero attached hydrogens (tertiary/aromatic N) is 2. The fourth-order valence-corrected chi connectivity index (χ4v) is 4.81. The van der Waals surface area contributed by atoms with Gasteiger partial charge in [-0.2, -0.15) is 11.8 Å². The van der Waals surface area contributed by atoms with E-state index < -0.39 is 0 Å². The van der Waals surface area contributed by atoms with Crippen molar-refractivity contribution in [1.29, 1.82) is 0 Å². The van der Waals surface area contributed by atoms with Crippen molar-refractivity contribution in [2.45, 2.75) is 30.2 Å². The standard InChI is InChI=1S/C24H26N2OS2/c1-18-5-3-6-20(13-18)16-29-17-21-15-27-24(25-21)23-7-4-12-26(23)14-19-8-10-22(28-2)11-9-19/h3-13,21H,14-17H2,1-2H3/t21-/m0/s1. The average molecular weight is 423 g/mol. The number of hydrogen-bond donors (Lipinski definition) is 0. The molecule has 0 aliphatic carbocycles. The van der Waals surface area contributed by atoms with E-state index >= 15 is 0 Å². The maximum atomic E-state index is 5.96. The molecule has 150 valence electrons. The molecule has 0 spiro atoms. The third-order valence-electron chi connectivity index (χ3n) is 4.93. The molecule has 0 radical (unpaired) electrons. The number of thioether (sulfide) groups is 2. The number of aromatic nitrogens is 1. The molecule has 29 heavy (non-hydrogen) atoms. The highest BCUT2D eigenvalue weighted by molar-refractivity contribution is 7.98. The molecule has 3 aromatic rings. The van der Waals surface area contributed by atoms with E-state index in [1.54, 1.807) is 11.8 Å². The van der Waals surface area contributed by atoms with Crippen LogP contribution in [0.2, 0.25) is 0 Å². The van der Waals surface area contributed by atoms with Crippen LogP contribution in [0.15, 0.2) is 76.7 Å². The van der Waals surface area contributed by atoms with Gasteiger partial charge in [0.25, 0.3) is 0 Å². The summed E-state index contributed by atoms with van der Waals surface area (Å²) in [5.74, 6) is 2.77. The Morgan fingerprint density at radius 3 is 2.72 bits per heavy atom. The Labute approximate surface area is 181 Å². The maximum Gasteiger partial charge on any atom is 0.233 e. The number of aryl methyl sites for hydroxylation is 1. The van der Waals surface area contributed by atoms with Gasteiger partial charge >= 0.3 is 0 Å². The Morgan fingerprint density at radius 1 is 1.07 bits per heavy atom. The van der Waals surface area contributed by atoms with E-state index in [1.165, 1.54) is 21.6 Å². The van der Waals surface area contributed by atoms with Crippen molar-refractivity contribution in [3.8, 4) is 0 Å². The Bertz CT molecular complexity index is 979. The molecule has 5 heteroatoms. The summed E-state index contributed by atoms with van der Waals surface area (Å²) in [4.78, 5) is 6.15. The average Bonchev–Trinajstić information content (AvgIpc) is 3.38. The van der Waals surface area contributed by atoms with Gasteiger partial charge in [-0.25, -0.2) is 4.99 Å². The second-order valence-electron chi connectivity index (χ2n) is 7.27. The van der Waals surface area contributed by atoms with Gasteiger partial charge in [-0.3, -0.25) is 0 Å². The Kier molecular flexibility index (Phi) is 6.67. The van der Waals surface area contributed by atoms with E-state index in [2.05, 4.69) is 84.6 Å². The van der Waals surface area contributed by atoms with Crippen LogP contribution in [-0.2, 0) is 17.0 Å². The van der Waals surface area contributed by atoms with E-state index in [1.807, 2.05) is 11.8 Å². The summed E-state index contributed by atoms with van der Waals surface area (Å²) in [6.45, 7) is 3.64. The lowest BCUT2D eigenvalue weighted by molar-refractivity contribution is 0.323. The summed E-state index contributed by atoms with van der Waals surface area (Å²) >= 11 is 3.69. The number of hydrogen-bond acceptors (Lipinski definition) is 4. The number of ether oxygens (including phenoxy) is 1. The van der Waals surface area contributed by atoms with E-state index in [0.717, 1.165) is 29.6 Å². The van der Waals surface area contributed by atoms with Crippen LogP contribution in [0.25, 0.3) is 0 Å². The zero-order valence-electron chi connectivity index (χ0n) is 16.9. The summed E-state index contributed by atoms with van der Waals surface area (Å²) in [6, 6.07) is 21.8. The van der Waals surface area contributed by atoms with Gasteiger partial charge in [0, 0.05) is 29.1 Å². The van der Waals surface area contributed by atoms with Crippen LogP contribution in [-0.4, -0.2) is 35.1 Å². The monoisotopic (exact) mass is 422 g/mol. The minimum Gasteiger partial charge on any atom is -0.474 e. The van der Waals surface area contributed by atoms with E-state index in [9.17, 15) is 0 Å². The predicted octanol–water partition coefficient (Wildman–Crippen LogP) is 5.65. The molecule has 3 nitrogen and oxygen atoms in total. The van der Waals surface area contributed by atoms with Gasteiger partial charge in [-0.1, -0.05) is 42.0 Å². The Morgan fingerprint density at radius 2 is 1.93 bits per heavy atom. The lowest BCUT2D eigenvalue weighted by Crippen LogP contribution is -2.11. The molecule has 2 heterocycles. The summed E-state index contributed by atoms with van der Waals surface area (Å²) in [7, 11) is 0. The predicted molar refractivity (Wildman–Crippen MR) is 125 cm³/mol. The van der Waals surface area contributed by atoms with Gasteiger partial charge in [-0.05, 0) is 48.6 Å². The van der Waals surface area contributed by atoms with Crippen molar-refractivity contribution >= 4 is 29.4 Å². The summed E-state index contributed by atoms with van der Waals surface area (Å²) in [5.41, 5.74) is 5.03. The first kappa shape index (κ1) is 20.2. The topological polar surface area (TPSA) is 26.5 Å². The van der Waals surface area contributed by atoms with Crippen LogP contribution in [0.5, 0.6) is 0 Å². The molecule has 0 unspecified atom stereocenters. The van der Waals surface area contributed by atoms with Crippen molar-refractivity contribution in [1.82, 2.24) is 4.57 Å². The van der Waals surface area contributed by atoms with Gasteiger partial charge in [-0.15, -0.1) is 11.8 Å². The molecule has 0 fully saturated rings. The minimum absolute atomic E-state index is 0.226. The second kappa shape index (κ2) is 9.59. The van der Waals surface area contributed by atoms with Crippen LogP contribution in [0.1, 0.15) is 22.4 Å². The molecule has 1 aromatic heterocycles. The van der Waals surface area contributed by atoms with Crippen LogP contribution in [0.3, 0.4) is 0 Å². The molecule has 4 rings (SSSR count). The van der Waals surface area contributed by atoms with Gasteiger partial charge in [0.2, 0.25) is 5.90 Å². The maximum absolute atomic E-state index is 5.96. The van der Waals surface area contributed by atoms with Gasteiger partial charge < -0.3 is 9.30 Å². The highest BCUT2D eigenvalue weighted by Gasteiger charge is 2.22. The molecule has 1 aliphatic rings. The van der Waals surface area contributed by atoms with E-state index in [4.69, 9.17) is 9.73 Å². The summed E-state index contributed by atoms with van der Waals surface area (Å²) in [5, 5.41) is 0. The lowest BCUT2D eigenvalue weighted by atomic mass is 10.2. The third kappa shape index (κ3) is 5.28. The Hall–Kier alpha value is -2.11. The molecular weight excluding hydrogens is 396 g/mol. The van der Waals surface area contributed by atoms with Gasteiger partial charge in [0.05, 0.1) is 6.04 Å². The number of rotatable bonds is 8.